The van der Waals surface area contributed by atoms with Crippen LogP contribution >= 0.6 is 0 Å². The van der Waals surface area contributed by atoms with Crippen LogP contribution in [0.5, 0.6) is 5.75 Å². The number of carbonyl (C=O) groups is 2. The van der Waals surface area contributed by atoms with Crippen molar-refractivity contribution in [3.05, 3.63) is 29.8 Å². The lowest BCUT2D eigenvalue weighted by Crippen LogP contribution is -2.34. The molecule has 2 N–H and O–H groups in total. The fraction of sp³-hybridized carbons (Fsp3) is 0.333. The summed E-state index contributed by atoms with van der Waals surface area (Å²) in [5, 5.41) is 12.2. The van der Waals surface area contributed by atoms with Crippen molar-refractivity contribution in [3.8, 4) is 5.75 Å². The van der Waals surface area contributed by atoms with E-state index in [0.717, 1.165) is 0 Å². The highest BCUT2D eigenvalue weighted by molar-refractivity contribution is 5.85. The first-order valence-corrected chi connectivity index (χ1v) is 5.25. The monoisotopic (exact) mass is 237 g/mol. The fourth-order valence-corrected chi connectivity index (χ4v) is 1.38. The van der Waals surface area contributed by atoms with E-state index in [0.29, 0.717) is 5.56 Å². The molecular formula is C12H15NO4. The summed E-state index contributed by atoms with van der Waals surface area (Å²) in [7, 11) is 1.23. The zero-order valence-corrected chi connectivity index (χ0v) is 9.77. The second-order valence-electron chi connectivity index (χ2n) is 3.44. The number of phenolic OH excluding ortho intramolecular Hbond substituents is 1. The molecule has 1 amide bonds. The number of phenols is 1. The van der Waals surface area contributed by atoms with Crippen LogP contribution in [0.4, 0.5) is 0 Å². The average molecular weight is 237 g/mol. The van der Waals surface area contributed by atoms with E-state index in [2.05, 4.69) is 10.1 Å². The number of aromatic hydroxyl groups is 1. The largest absolute Gasteiger partial charge is 0.508 e. The second-order valence-corrected chi connectivity index (χ2v) is 3.44. The summed E-state index contributed by atoms with van der Waals surface area (Å²) >= 11 is 0. The molecule has 92 valence electrons. The van der Waals surface area contributed by atoms with Crippen molar-refractivity contribution in [3.63, 3.8) is 0 Å². The Balaban J connectivity index is 3.02. The van der Waals surface area contributed by atoms with Gasteiger partial charge in [-0.25, -0.2) is 4.79 Å². The Morgan fingerprint density at radius 1 is 1.41 bits per heavy atom. The third-order valence-corrected chi connectivity index (χ3v) is 2.31. The molecule has 0 bridgehead atoms. The number of para-hydroxylation sites is 1. The Labute approximate surface area is 99.4 Å². The van der Waals surface area contributed by atoms with Gasteiger partial charge in [0.1, 0.15) is 5.75 Å². The standard InChI is InChI=1S/C12H15NO4/c1-3-10(15)13-11(12(16)17-2)8-6-4-5-7-9(8)14/h4-7,11,14H,3H2,1-2H3,(H,13,15). The van der Waals surface area contributed by atoms with Gasteiger partial charge >= 0.3 is 5.97 Å². The number of hydrogen-bond acceptors (Lipinski definition) is 4. The maximum Gasteiger partial charge on any atom is 0.333 e. The molecule has 5 nitrogen and oxygen atoms in total. The number of hydrogen-bond donors (Lipinski definition) is 2. The maximum absolute atomic E-state index is 11.6. The summed E-state index contributed by atoms with van der Waals surface area (Å²) in [5.74, 6) is -0.962. The normalized spacial score (nSPS) is 11.6. The van der Waals surface area contributed by atoms with Gasteiger partial charge in [0.05, 0.1) is 7.11 Å². The smallest absolute Gasteiger partial charge is 0.333 e. The van der Waals surface area contributed by atoms with Crippen LogP contribution in [0.15, 0.2) is 24.3 Å². The third-order valence-electron chi connectivity index (χ3n) is 2.31. The van der Waals surface area contributed by atoms with Crippen molar-refractivity contribution < 1.29 is 19.4 Å². The highest BCUT2D eigenvalue weighted by Gasteiger charge is 2.25. The number of benzene rings is 1. The SMILES string of the molecule is CCC(=O)NC(C(=O)OC)c1ccccc1O. The number of carbonyl (C=O) groups excluding carboxylic acids is 2. The summed E-state index contributed by atoms with van der Waals surface area (Å²) in [6.07, 6.45) is 0.251. The number of ether oxygens (including phenoxy) is 1. The molecule has 1 atom stereocenters. The molecule has 0 radical (unpaired) electrons. The molecular weight excluding hydrogens is 222 g/mol. The topological polar surface area (TPSA) is 75.6 Å². The van der Waals surface area contributed by atoms with E-state index in [4.69, 9.17) is 0 Å². The van der Waals surface area contributed by atoms with Crippen LogP contribution in [0.3, 0.4) is 0 Å². The summed E-state index contributed by atoms with van der Waals surface area (Å²) < 4.78 is 4.60. The van der Waals surface area contributed by atoms with Crippen molar-refractivity contribution in [1.29, 1.82) is 0 Å². The van der Waals surface area contributed by atoms with Gasteiger partial charge in [0.15, 0.2) is 6.04 Å². The molecule has 0 aromatic heterocycles. The lowest BCUT2D eigenvalue weighted by molar-refractivity contribution is -0.145. The van der Waals surface area contributed by atoms with Crippen molar-refractivity contribution >= 4 is 11.9 Å². The number of nitrogens with one attached hydrogen (secondary N) is 1. The minimum atomic E-state index is -0.978. The maximum atomic E-state index is 11.6. The van der Waals surface area contributed by atoms with E-state index in [-0.39, 0.29) is 18.1 Å². The molecule has 0 aliphatic rings. The lowest BCUT2D eigenvalue weighted by Gasteiger charge is -2.17. The van der Waals surface area contributed by atoms with E-state index in [1.165, 1.54) is 13.2 Å². The van der Waals surface area contributed by atoms with Crippen LogP contribution in [0, 0.1) is 0 Å². The van der Waals surface area contributed by atoms with Gasteiger partial charge in [-0.15, -0.1) is 0 Å². The average Bonchev–Trinajstić information content (AvgIpc) is 2.35. The van der Waals surface area contributed by atoms with Gasteiger partial charge in [0.25, 0.3) is 0 Å². The van der Waals surface area contributed by atoms with Crippen LogP contribution in [-0.4, -0.2) is 24.1 Å². The first kappa shape index (κ1) is 13.0. The molecule has 0 heterocycles. The molecule has 17 heavy (non-hydrogen) atoms. The van der Waals surface area contributed by atoms with Crippen molar-refractivity contribution in [2.24, 2.45) is 0 Å². The van der Waals surface area contributed by atoms with Gasteiger partial charge in [0.2, 0.25) is 5.91 Å². The fourth-order valence-electron chi connectivity index (χ4n) is 1.38. The summed E-state index contributed by atoms with van der Waals surface area (Å²) in [6.45, 7) is 1.68. The first-order valence-electron chi connectivity index (χ1n) is 5.25. The van der Waals surface area contributed by atoms with Crippen molar-refractivity contribution in [2.75, 3.05) is 7.11 Å². The molecule has 1 aromatic carbocycles. The predicted octanol–water partition coefficient (Wildman–Crippen LogP) is 1.13. The van der Waals surface area contributed by atoms with Gasteiger partial charge in [-0.2, -0.15) is 0 Å². The van der Waals surface area contributed by atoms with Crippen LogP contribution < -0.4 is 5.32 Å². The zero-order chi connectivity index (χ0) is 12.8. The summed E-state index contributed by atoms with van der Waals surface area (Å²) in [6, 6.07) is 5.34. The molecule has 0 saturated carbocycles. The highest BCUT2D eigenvalue weighted by Crippen LogP contribution is 2.24. The Morgan fingerprint density at radius 2 is 2.06 bits per heavy atom. The van der Waals surface area contributed by atoms with E-state index in [9.17, 15) is 14.7 Å². The van der Waals surface area contributed by atoms with E-state index in [1.807, 2.05) is 0 Å². The molecule has 0 fully saturated rings. The molecule has 0 aliphatic heterocycles. The quantitative estimate of drug-likeness (QED) is 0.770. The Hall–Kier alpha value is -2.04. The predicted molar refractivity (Wildman–Crippen MR) is 61.3 cm³/mol. The highest BCUT2D eigenvalue weighted by atomic mass is 16.5. The Bertz CT molecular complexity index is 417. The summed E-state index contributed by atoms with van der Waals surface area (Å²) in [5.41, 5.74) is 0.321. The minimum Gasteiger partial charge on any atom is -0.508 e. The van der Waals surface area contributed by atoms with Gasteiger partial charge in [-0.3, -0.25) is 4.79 Å². The molecule has 0 spiro atoms. The molecule has 1 unspecified atom stereocenters. The second kappa shape index (κ2) is 5.89. The van der Waals surface area contributed by atoms with Crippen LogP contribution in [0.2, 0.25) is 0 Å². The van der Waals surface area contributed by atoms with E-state index in [1.54, 1.807) is 25.1 Å². The third kappa shape index (κ3) is 3.21. The van der Waals surface area contributed by atoms with Gasteiger partial charge < -0.3 is 15.2 Å². The van der Waals surface area contributed by atoms with Crippen LogP contribution in [0.1, 0.15) is 24.9 Å². The molecule has 5 heteroatoms. The molecule has 0 saturated heterocycles. The Morgan fingerprint density at radius 3 is 2.59 bits per heavy atom. The van der Waals surface area contributed by atoms with Crippen LogP contribution in [-0.2, 0) is 14.3 Å². The number of rotatable bonds is 4. The van der Waals surface area contributed by atoms with Crippen molar-refractivity contribution in [1.82, 2.24) is 5.32 Å². The zero-order valence-electron chi connectivity index (χ0n) is 9.77. The van der Waals surface area contributed by atoms with E-state index >= 15 is 0 Å². The van der Waals surface area contributed by atoms with Crippen LogP contribution in [0.25, 0.3) is 0 Å². The lowest BCUT2D eigenvalue weighted by atomic mass is 10.1. The number of methoxy groups -OCH3 is 1. The minimum absolute atomic E-state index is 0.0562. The van der Waals surface area contributed by atoms with Gasteiger partial charge in [-0.1, -0.05) is 25.1 Å². The number of esters is 1. The molecule has 1 aromatic rings. The van der Waals surface area contributed by atoms with E-state index < -0.39 is 12.0 Å². The van der Waals surface area contributed by atoms with Crippen molar-refractivity contribution in [2.45, 2.75) is 19.4 Å². The van der Waals surface area contributed by atoms with Gasteiger partial charge in [-0.05, 0) is 6.07 Å². The first-order chi connectivity index (χ1) is 8.10. The van der Waals surface area contributed by atoms with Gasteiger partial charge in [0, 0.05) is 12.0 Å². The number of amides is 1. The summed E-state index contributed by atoms with van der Waals surface area (Å²) in [4.78, 5) is 22.9. The molecule has 0 aliphatic carbocycles. The molecule has 1 rings (SSSR count). The Kier molecular flexibility index (Phi) is 4.51.